The highest BCUT2D eigenvalue weighted by molar-refractivity contribution is 5.98. The van der Waals surface area contributed by atoms with Crippen LogP contribution in [0.3, 0.4) is 0 Å². The Hall–Kier alpha value is -1.62. The van der Waals surface area contributed by atoms with E-state index in [0.717, 1.165) is 12.2 Å². The number of anilines is 1. The van der Waals surface area contributed by atoms with Crippen molar-refractivity contribution in [2.75, 3.05) is 26.4 Å². The maximum absolute atomic E-state index is 11.9. The van der Waals surface area contributed by atoms with E-state index in [1.165, 1.54) is 6.20 Å². The molecule has 0 aromatic carbocycles. The van der Waals surface area contributed by atoms with Crippen molar-refractivity contribution in [2.24, 2.45) is 0 Å². The van der Waals surface area contributed by atoms with E-state index in [9.17, 15) is 4.79 Å². The summed E-state index contributed by atoms with van der Waals surface area (Å²) in [7, 11) is 3.93. The van der Waals surface area contributed by atoms with Crippen LogP contribution in [0.15, 0.2) is 12.3 Å². The summed E-state index contributed by atoms with van der Waals surface area (Å²) in [5.41, 5.74) is 7.49. The van der Waals surface area contributed by atoms with Crippen LogP contribution >= 0.6 is 0 Å². The summed E-state index contributed by atoms with van der Waals surface area (Å²) < 4.78 is 0. The summed E-state index contributed by atoms with van der Waals surface area (Å²) in [6, 6.07) is 1.77. The third-order valence-corrected chi connectivity index (χ3v) is 2.33. The highest BCUT2D eigenvalue weighted by Gasteiger charge is 2.13. The van der Waals surface area contributed by atoms with Crippen molar-refractivity contribution < 1.29 is 4.79 Å². The lowest BCUT2D eigenvalue weighted by molar-refractivity contribution is 0.0935. The molecular weight excluding hydrogens is 216 g/mol. The largest absolute Gasteiger partial charge is 0.398 e. The number of pyridine rings is 1. The molecule has 0 saturated heterocycles. The molecule has 3 N–H and O–H groups in total. The second kappa shape index (κ2) is 5.63. The predicted molar refractivity (Wildman–Crippen MR) is 68.9 cm³/mol. The Morgan fingerprint density at radius 3 is 2.76 bits per heavy atom. The number of aryl methyl sites for hydroxylation is 1. The number of nitrogens with zero attached hydrogens (tertiary/aromatic N) is 2. The van der Waals surface area contributed by atoms with Gasteiger partial charge in [0.05, 0.1) is 5.56 Å². The number of nitrogen functional groups attached to an aromatic ring is 1. The van der Waals surface area contributed by atoms with Crippen molar-refractivity contribution in [1.29, 1.82) is 0 Å². The molecule has 5 nitrogen and oxygen atoms in total. The van der Waals surface area contributed by atoms with Crippen LogP contribution < -0.4 is 11.1 Å². The summed E-state index contributed by atoms with van der Waals surface area (Å²) in [4.78, 5) is 18.0. The highest BCUT2D eigenvalue weighted by Crippen LogP contribution is 2.11. The van der Waals surface area contributed by atoms with E-state index in [4.69, 9.17) is 5.73 Å². The lowest BCUT2D eigenvalue weighted by Gasteiger charge is -2.18. The van der Waals surface area contributed by atoms with Gasteiger partial charge in [0.15, 0.2) is 0 Å². The quantitative estimate of drug-likeness (QED) is 0.805. The third-order valence-electron chi connectivity index (χ3n) is 2.33. The van der Waals surface area contributed by atoms with E-state index in [2.05, 4.69) is 10.3 Å². The van der Waals surface area contributed by atoms with Crippen molar-refractivity contribution in [3.63, 3.8) is 0 Å². The van der Waals surface area contributed by atoms with Gasteiger partial charge in [0.1, 0.15) is 0 Å². The minimum Gasteiger partial charge on any atom is -0.398 e. The summed E-state index contributed by atoms with van der Waals surface area (Å²) in [6.45, 7) is 4.58. The maximum atomic E-state index is 11.9. The molecule has 0 aliphatic heterocycles. The van der Waals surface area contributed by atoms with E-state index in [1.54, 1.807) is 6.07 Å². The van der Waals surface area contributed by atoms with Crippen molar-refractivity contribution in [3.05, 3.63) is 23.5 Å². The Balaban J connectivity index is 2.70. The summed E-state index contributed by atoms with van der Waals surface area (Å²) in [5, 5.41) is 2.89. The normalized spacial score (nSPS) is 12.5. The molecular formula is C12H20N4O. The van der Waals surface area contributed by atoms with Gasteiger partial charge < -0.3 is 16.0 Å². The van der Waals surface area contributed by atoms with E-state index < -0.39 is 0 Å². The Kier molecular flexibility index (Phi) is 4.45. The molecule has 17 heavy (non-hydrogen) atoms. The van der Waals surface area contributed by atoms with Crippen molar-refractivity contribution in [3.8, 4) is 0 Å². The van der Waals surface area contributed by atoms with Gasteiger partial charge in [0.25, 0.3) is 5.91 Å². The fourth-order valence-electron chi connectivity index (χ4n) is 1.67. The van der Waals surface area contributed by atoms with Gasteiger partial charge in [-0.15, -0.1) is 0 Å². The smallest absolute Gasteiger partial charge is 0.255 e. The van der Waals surface area contributed by atoms with Gasteiger partial charge in [-0.05, 0) is 34.0 Å². The molecule has 0 aliphatic rings. The maximum Gasteiger partial charge on any atom is 0.255 e. The van der Waals surface area contributed by atoms with Gasteiger partial charge in [-0.2, -0.15) is 0 Å². The molecule has 0 spiro atoms. The minimum atomic E-state index is -0.177. The second-order valence-corrected chi connectivity index (χ2v) is 4.55. The first kappa shape index (κ1) is 13.4. The van der Waals surface area contributed by atoms with Gasteiger partial charge >= 0.3 is 0 Å². The molecule has 0 aliphatic carbocycles. The molecule has 1 aromatic heterocycles. The molecule has 1 unspecified atom stereocenters. The van der Waals surface area contributed by atoms with Crippen LogP contribution in [0.2, 0.25) is 0 Å². The topological polar surface area (TPSA) is 71.2 Å². The number of carbonyl (C=O) groups is 1. The molecule has 94 valence electrons. The van der Waals surface area contributed by atoms with E-state index in [1.807, 2.05) is 32.8 Å². The standard InChI is InChI=1S/C12H20N4O/c1-8-5-11(13)10(6-14-8)12(17)15-9(2)7-16(3)4/h5-6,9H,7H2,1-4H3,(H2,13,14)(H,15,17). The molecule has 1 aromatic rings. The van der Waals surface area contributed by atoms with E-state index >= 15 is 0 Å². The molecule has 0 fully saturated rings. The SMILES string of the molecule is Cc1cc(N)c(C(=O)NC(C)CN(C)C)cn1. The van der Waals surface area contributed by atoms with E-state index in [-0.39, 0.29) is 11.9 Å². The number of carbonyl (C=O) groups excluding carboxylic acids is 1. The van der Waals surface area contributed by atoms with Crippen LogP contribution in [0.4, 0.5) is 5.69 Å². The number of likely N-dealkylation sites (N-methyl/N-ethyl adjacent to an activating group) is 1. The average Bonchev–Trinajstić information content (AvgIpc) is 2.15. The van der Waals surface area contributed by atoms with Gasteiger partial charge in [-0.1, -0.05) is 0 Å². The number of nitrogens with two attached hydrogens (primary N) is 1. The summed E-state index contributed by atoms with van der Waals surface area (Å²) in [6.07, 6.45) is 1.52. The third kappa shape index (κ3) is 4.03. The van der Waals surface area contributed by atoms with Crippen LogP contribution in [-0.2, 0) is 0 Å². The molecule has 1 rings (SSSR count). The minimum absolute atomic E-state index is 0.0678. The lowest BCUT2D eigenvalue weighted by atomic mass is 10.2. The zero-order valence-electron chi connectivity index (χ0n) is 10.8. The Morgan fingerprint density at radius 1 is 1.59 bits per heavy atom. The number of amides is 1. The number of aromatic nitrogens is 1. The second-order valence-electron chi connectivity index (χ2n) is 4.55. The van der Waals surface area contributed by atoms with Gasteiger partial charge in [-0.3, -0.25) is 9.78 Å². The zero-order valence-corrected chi connectivity index (χ0v) is 10.8. The first-order valence-corrected chi connectivity index (χ1v) is 5.58. The number of hydrogen-bond donors (Lipinski definition) is 2. The van der Waals surface area contributed by atoms with Crippen molar-refractivity contribution >= 4 is 11.6 Å². The molecule has 1 heterocycles. The van der Waals surface area contributed by atoms with Gasteiger partial charge in [0, 0.05) is 30.2 Å². The van der Waals surface area contributed by atoms with Crippen LogP contribution in [0.25, 0.3) is 0 Å². The molecule has 1 amide bonds. The molecule has 0 bridgehead atoms. The Morgan fingerprint density at radius 2 is 2.24 bits per heavy atom. The lowest BCUT2D eigenvalue weighted by Crippen LogP contribution is -2.39. The molecule has 0 radical (unpaired) electrons. The van der Waals surface area contributed by atoms with Crippen molar-refractivity contribution in [2.45, 2.75) is 19.9 Å². The first-order chi connectivity index (χ1) is 7.90. The predicted octanol–water partition coefficient (Wildman–Crippen LogP) is 0.652. The van der Waals surface area contributed by atoms with Gasteiger partial charge in [0.2, 0.25) is 0 Å². The number of hydrogen-bond acceptors (Lipinski definition) is 4. The zero-order chi connectivity index (χ0) is 13.0. The van der Waals surface area contributed by atoms with Crippen molar-refractivity contribution in [1.82, 2.24) is 15.2 Å². The molecule has 5 heteroatoms. The first-order valence-electron chi connectivity index (χ1n) is 5.58. The number of rotatable bonds is 4. The molecule has 0 saturated carbocycles. The Labute approximate surface area is 102 Å². The monoisotopic (exact) mass is 236 g/mol. The number of nitrogens with one attached hydrogen (secondary N) is 1. The highest BCUT2D eigenvalue weighted by atomic mass is 16.1. The summed E-state index contributed by atoms with van der Waals surface area (Å²) in [5.74, 6) is -0.177. The van der Waals surface area contributed by atoms with E-state index in [0.29, 0.717) is 11.3 Å². The summed E-state index contributed by atoms with van der Waals surface area (Å²) >= 11 is 0. The van der Waals surface area contributed by atoms with Crippen LogP contribution in [0.1, 0.15) is 23.0 Å². The van der Waals surface area contributed by atoms with Gasteiger partial charge in [-0.25, -0.2) is 0 Å². The van der Waals surface area contributed by atoms with Crippen LogP contribution in [0, 0.1) is 6.92 Å². The Bertz CT molecular complexity index is 403. The fraction of sp³-hybridized carbons (Fsp3) is 0.500. The fourth-order valence-corrected chi connectivity index (χ4v) is 1.67. The van der Waals surface area contributed by atoms with Crippen LogP contribution in [-0.4, -0.2) is 42.5 Å². The molecule has 1 atom stereocenters. The van der Waals surface area contributed by atoms with Crippen LogP contribution in [0.5, 0.6) is 0 Å². The average molecular weight is 236 g/mol.